The number of aliphatic hydroxyl groups is 1. The molecule has 1 N–H and O–H groups in total. The number of nitrogens with zero attached hydrogens (tertiary/aromatic N) is 2. The molecule has 4 aromatic rings. The highest BCUT2D eigenvalue weighted by Crippen LogP contribution is 2.47. The zero-order valence-corrected chi connectivity index (χ0v) is 20.2. The van der Waals surface area contributed by atoms with Gasteiger partial charge in [-0.1, -0.05) is 23.5 Å². The van der Waals surface area contributed by atoms with E-state index in [1.54, 1.807) is 35.7 Å². The molecular weight excluding hydrogens is 472 g/mol. The lowest BCUT2D eigenvalue weighted by Gasteiger charge is -2.26. The number of fused-ring (bicyclic) bond motifs is 1. The maximum Gasteiger partial charge on any atom is 0.296 e. The molecule has 1 aliphatic rings. The molecule has 0 unspecified atom stereocenters. The van der Waals surface area contributed by atoms with Crippen molar-refractivity contribution in [3.05, 3.63) is 81.2 Å². The SMILES string of the molecule is COc1ccc(OC)c([C@@H]2C(C(=O)c3cccs3)=C(O)C(=O)N2c2nc3ccc(C)cc3s2)c1. The van der Waals surface area contributed by atoms with E-state index in [2.05, 4.69) is 4.98 Å². The van der Waals surface area contributed by atoms with Crippen molar-refractivity contribution in [2.75, 3.05) is 19.1 Å². The standard InChI is InChI=1S/C25H20N2O5S2/c1-13-6-8-16-19(11-13)34-25(26-16)27-21(15-12-14(31-2)7-9-17(15)32-3)20(23(29)24(27)30)22(28)18-5-4-10-33-18/h4-12,21,29H,1-3H3/t21-/m1/s1. The number of thiophene rings is 1. The van der Waals surface area contributed by atoms with Crippen LogP contribution in [-0.4, -0.2) is 36.0 Å². The number of aryl methyl sites for hydroxylation is 1. The number of anilines is 1. The van der Waals surface area contributed by atoms with Crippen molar-refractivity contribution in [3.63, 3.8) is 0 Å². The summed E-state index contributed by atoms with van der Waals surface area (Å²) in [6.07, 6.45) is 0. The Labute approximate surface area is 203 Å². The lowest BCUT2D eigenvalue weighted by molar-refractivity contribution is -0.117. The summed E-state index contributed by atoms with van der Waals surface area (Å²) in [7, 11) is 3.04. The normalized spacial score (nSPS) is 15.9. The fraction of sp³-hybridized carbons (Fsp3) is 0.160. The van der Waals surface area contributed by atoms with Crippen LogP contribution in [0.5, 0.6) is 11.5 Å². The van der Waals surface area contributed by atoms with Gasteiger partial charge in [0, 0.05) is 5.56 Å². The van der Waals surface area contributed by atoms with Crippen molar-refractivity contribution in [2.45, 2.75) is 13.0 Å². The number of rotatable bonds is 6. The number of ether oxygens (including phenoxy) is 2. The molecule has 0 radical (unpaired) electrons. The van der Waals surface area contributed by atoms with Crippen LogP contribution < -0.4 is 14.4 Å². The highest BCUT2D eigenvalue weighted by molar-refractivity contribution is 7.22. The molecule has 1 amide bonds. The number of aromatic nitrogens is 1. The van der Waals surface area contributed by atoms with Crippen molar-refractivity contribution in [2.24, 2.45) is 0 Å². The largest absolute Gasteiger partial charge is 0.503 e. The fourth-order valence-electron chi connectivity index (χ4n) is 4.05. The monoisotopic (exact) mass is 492 g/mol. The lowest BCUT2D eigenvalue weighted by atomic mass is 9.94. The number of methoxy groups -OCH3 is 2. The molecule has 1 aliphatic heterocycles. The molecule has 172 valence electrons. The summed E-state index contributed by atoms with van der Waals surface area (Å²) < 4.78 is 11.9. The molecule has 2 aromatic heterocycles. The number of carbonyl (C=O) groups excluding carboxylic acids is 2. The summed E-state index contributed by atoms with van der Waals surface area (Å²) >= 11 is 2.57. The van der Waals surface area contributed by atoms with Crippen LogP contribution in [0.4, 0.5) is 5.13 Å². The summed E-state index contributed by atoms with van der Waals surface area (Å²) in [5, 5.41) is 13.1. The molecule has 0 aliphatic carbocycles. The smallest absolute Gasteiger partial charge is 0.296 e. The quantitative estimate of drug-likeness (QED) is 0.359. The number of hydrogen-bond donors (Lipinski definition) is 1. The second-order valence-corrected chi connectivity index (χ2v) is 9.68. The number of aliphatic hydroxyl groups excluding tert-OH is 1. The molecular formula is C25H20N2O5S2. The van der Waals surface area contributed by atoms with Gasteiger partial charge in [0.25, 0.3) is 5.91 Å². The van der Waals surface area contributed by atoms with E-state index < -0.39 is 23.5 Å². The van der Waals surface area contributed by atoms with E-state index in [9.17, 15) is 14.7 Å². The molecule has 0 bridgehead atoms. The minimum atomic E-state index is -0.950. The first-order valence-electron chi connectivity index (χ1n) is 10.4. The van der Waals surface area contributed by atoms with Crippen LogP contribution in [0.1, 0.15) is 26.8 Å². The van der Waals surface area contributed by atoms with Gasteiger partial charge in [0.05, 0.1) is 34.9 Å². The van der Waals surface area contributed by atoms with Crippen LogP contribution in [0.3, 0.4) is 0 Å². The first-order valence-corrected chi connectivity index (χ1v) is 12.1. The van der Waals surface area contributed by atoms with Gasteiger partial charge in [-0.15, -0.1) is 11.3 Å². The number of ketones is 1. The average Bonchev–Trinajstić information content (AvgIpc) is 3.57. The Morgan fingerprint density at radius 2 is 1.94 bits per heavy atom. The van der Waals surface area contributed by atoms with E-state index in [0.29, 0.717) is 27.1 Å². The van der Waals surface area contributed by atoms with Gasteiger partial charge in [-0.3, -0.25) is 14.5 Å². The predicted octanol–water partition coefficient (Wildman–Crippen LogP) is 5.47. The molecule has 9 heteroatoms. The Morgan fingerprint density at radius 1 is 1.12 bits per heavy atom. The second-order valence-electron chi connectivity index (χ2n) is 7.72. The Balaban J connectivity index is 1.74. The Kier molecular flexibility index (Phi) is 5.59. The topological polar surface area (TPSA) is 89.0 Å². The van der Waals surface area contributed by atoms with Gasteiger partial charge in [0.2, 0.25) is 5.78 Å². The molecule has 34 heavy (non-hydrogen) atoms. The summed E-state index contributed by atoms with van der Waals surface area (Å²) in [5.41, 5.74) is 2.28. The molecule has 3 heterocycles. The minimum Gasteiger partial charge on any atom is -0.503 e. The first-order chi connectivity index (χ1) is 16.4. The summed E-state index contributed by atoms with van der Waals surface area (Å²) in [5.74, 6) is -0.728. The summed E-state index contributed by atoms with van der Waals surface area (Å²) in [6, 6.07) is 13.4. The van der Waals surface area contributed by atoms with E-state index in [1.807, 2.05) is 25.1 Å². The van der Waals surface area contributed by atoms with Crippen molar-refractivity contribution >= 4 is 49.7 Å². The first kappa shape index (κ1) is 22.1. The van der Waals surface area contributed by atoms with Crippen molar-refractivity contribution in [1.82, 2.24) is 4.98 Å². The molecule has 7 nitrogen and oxygen atoms in total. The van der Waals surface area contributed by atoms with Gasteiger partial charge in [-0.25, -0.2) is 4.98 Å². The van der Waals surface area contributed by atoms with Crippen LogP contribution in [-0.2, 0) is 4.79 Å². The molecule has 5 rings (SSSR count). The number of Topliss-reactive ketones (excluding diaryl/α,β-unsaturated/α-hetero) is 1. The zero-order chi connectivity index (χ0) is 24.0. The van der Waals surface area contributed by atoms with Crippen LogP contribution in [0.2, 0.25) is 0 Å². The average molecular weight is 493 g/mol. The van der Waals surface area contributed by atoms with Gasteiger partial charge in [0.15, 0.2) is 10.9 Å². The highest BCUT2D eigenvalue weighted by Gasteiger charge is 2.47. The number of hydrogen-bond acceptors (Lipinski definition) is 8. The van der Waals surface area contributed by atoms with Gasteiger partial charge < -0.3 is 14.6 Å². The van der Waals surface area contributed by atoms with E-state index in [-0.39, 0.29) is 5.57 Å². The number of amides is 1. The predicted molar refractivity (Wildman–Crippen MR) is 132 cm³/mol. The van der Waals surface area contributed by atoms with Crippen molar-refractivity contribution < 1.29 is 24.2 Å². The molecule has 2 aromatic carbocycles. The van der Waals surface area contributed by atoms with Crippen molar-refractivity contribution in [3.8, 4) is 11.5 Å². The van der Waals surface area contributed by atoms with Gasteiger partial charge in [-0.2, -0.15) is 0 Å². The fourth-order valence-corrected chi connectivity index (χ4v) is 5.81. The van der Waals surface area contributed by atoms with Gasteiger partial charge in [0.1, 0.15) is 17.5 Å². The number of benzene rings is 2. The minimum absolute atomic E-state index is 0.0190. The maximum atomic E-state index is 13.5. The van der Waals surface area contributed by atoms with Crippen LogP contribution in [0, 0.1) is 6.92 Å². The molecule has 0 saturated carbocycles. The third-order valence-electron chi connectivity index (χ3n) is 5.67. The van der Waals surface area contributed by atoms with E-state index in [0.717, 1.165) is 15.8 Å². The Hall–Kier alpha value is -3.69. The zero-order valence-electron chi connectivity index (χ0n) is 18.6. The summed E-state index contributed by atoms with van der Waals surface area (Å²) in [4.78, 5) is 33.4. The number of carbonyl (C=O) groups is 2. The molecule has 1 atom stereocenters. The highest BCUT2D eigenvalue weighted by atomic mass is 32.1. The van der Waals surface area contributed by atoms with E-state index >= 15 is 0 Å². The third kappa shape index (κ3) is 3.53. The second kappa shape index (κ2) is 8.58. The van der Waals surface area contributed by atoms with Crippen LogP contribution >= 0.6 is 22.7 Å². The molecule has 0 fully saturated rings. The maximum absolute atomic E-state index is 13.5. The Bertz CT molecular complexity index is 1460. The summed E-state index contributed by atoms with van der Waals surface area (Å²) in [6.45, 7) is 1.98. The van der Waals surface area contributed by atoms with Crippen molar-refractivity contribution in [1.29, 1.82) is 0 Å². The van der Waals surface area contributed by atoms with E-state index in [1.165, 1.54) is 41.8 Å². The molecule has 0 saturated heterocycles. The molecule has 0 spiro atoms. The van der Waals surface area contributed by atoms with Gasteiger partial charge >= 0.3 is 0 Å². The lowest BCUT2D eigenvalue weighted by Crippen LogP contribution is -2.31. The Morgan fingerprint density at radius 3 is 2.65 bits per heavy atom. The van der Waals surface area contributed by atoms with E-state index in [4.69, 9.17) is 9.47 Å². The van der Waals surface area contributed by atoms with Gasteiger partial charge in [-0.05, 0) is 54.3 Å². The number of thiazole rings is 1. The third-order valence-corrected chi connectivity index (χ3v) is 7.55. The van der Waals surface area contributed by atoms with Crippen LogP contribution in [0.15, 0.2) is 65.2 Å². The van der Waals surface area contributed by atoms with Crippen LogP contribution in [0.25, 0.3) is 10.2 Å².